The summed E-state index contributed by atoms with van der Waals surface area (Å²) in [5, 5.41) is 23.1. The zero-order valence-electron chi connectivity index (χ0n) is 11.1. The van der Waals surface area contributed by atoms with Crippen molar-refractivity contribution >= 4 is 11.6 Å². The smallest absolute Gasteiger partial charge is 0.138 e. The summed E-state index contributed by atoms with van der Waals surface area (Å²) < 4.78 is 5.04. The van der Waals surface area contributed by atoms with Crippen molar-refractivity contribution in [2.45, 2.75) is 32.4 Å². The van der Waals surface area contributed by atoms with E-state index in [1.807, 2.05) is 20.8 Å². The fourth-order valence-corrected chi connectivity index (χ4v) is 1.71. The molecule has 1 aromatic carbocycles. The van der Waals surface area contributed by atoms with Gasteiger partial charge in [0.2, 0.25) is 0 Å². The summed E-state index contributed by atoms with van der Waals surface area (Å²) >= 11 is 5.97. The zero-order valence-corrected chi connectivity index (χ0v) is 11.9. The number of hydrogen-bond acceptors (Lipinski definition) is 4. The van der Waals surface area contributed by atoms with Crippen molar-refractivity contribution < 1.29 is 14.9 Å². The Kier molecular flexibility index (Phi) is 4.85. The first-order valence-corrected chi connectivity index (χ1v) is 6.12. The molecule has 0 saturated carbocycles. The Morgan fingerprint density at radius 1 is 1.39 bits per heavy atom. The molecule has 1 rings (SSSR count). The number of nitrogens with one attached hydrogen (secondary N) is 1. The van der Waals surface area contributed by atoms with E-state index in [0.29, 0.717) is 17.9 Å². The maximum Gasteiger partial charge on any atom is 0.138 e. The standard InChI is InChI=1S/C13H20ClNO3/c1-13(2,3)15-7-11(17)9-5-8(18-4)6-10(16)12(9)14/h5-6,11,15-17H,7H2,1-4H3. The Balaban J connectivity index is 2.91. The first-order valence-electron chi connectivity index (χ1n) is 5.74. The van der Waals surface area contributed by atoms with Crippen LogP contribution >= 0.6 is 11.6 Å². The molecule has 0 amide bonds. The van der Waals surface area contributed by atoms with Gasteiger partial charge in [-0.3, -0.25) is 0 Å². The Labute approximate surface area is 113 Å². The second-order valence-electron chi connectivity index (χ2n) is 5.20. The van der Waals surface area contributed by atoms with Gasteiger partial charge in [0.1, 0.15) is 11.5 Å². The van der Waals surface area contributed by atoms with Crippen LogP contribution in [0, 0.1) is 0 Å². The van der Waals surface area contributed by atoms with Crippen LogP contribution in [-0.4, -0.2) is 29.4 Å². The summed E-state index contributed by atoms with van der Waals surface area (Å²) in [6.45, 7) is 6.36. The van der Waals surface area contributed by atoms with Crippen molar-refractivity contribution in [3.05, 3.63) is 22.7 Å². The molecule has 1 atom stereocenters. The number of phenols is 1. The van der Waals surface area contributed by atoms with Gasteiger partial charge in [-0.05, 0) is 26.8 Å². The van der Waals surface area contributed by atoms with E-state index in [0.717, 1.165) is 0 Å². The second-order valence-corrected chi connectivity index (χ2v) is 5.57. The van der Waals surface area contributed by atoms with Crippen LogP contribution in [0.2, 0.25) is 5.02 Å². The lowest BCUT2D eigenvalue weighted by Gasteiger charge is -2.23. The third-order valence-electron chi connectivity index (χ3n) is 2.48. The monoisotopic (exact) mass is 273 g/mol. The second kappa shape index (κ2) is 5.78. The molecule has 1 aromatic rings. The van der Waals surface area contributed by atoms with Crippen LogP contribution in [0.5, 0.6) is 11.5 Å². The Bertz CT molecular complexity index is 415. The lowest BCUT2D eigenvalue weighted by molar-refractivity contribution is 0.162. The van der Waals surface area contributed by atoms with E-state index in [9.17, 15) is 10.2 Å². The van der Waals surface area contributed by atoms with Gasteiger partial charge >= 0.3 is 0 Å². The number of benzene rings is 1. The number of β-amino-alcohol motifs (C(OH)–C–C–N with tert-alkyl or cyclic N) is 1. The summed E-state index contributed by atoms with van der Waals surface area (Å²) in [6, 6.07) is 3.03. The van der Waals surface area contributed by atoms with E-state index < -0.39 is 6.10 Å². The minimum Gasteiger partial charge on any atom is -0.506 e. The molecule has 0 saturated heterocycles. The van der Waals surface area contributed by atoms with Crippen molar-refractivity contribution in [2.24, 2.45) is 0 Å². The van der Waals surface area contributed by atoms with Gasteiger partial charge in [0.25, 0.3) is 0 Å². The van der Waals surface area contributed by atoms with Crippen molar-refractivity contribution in [1.82, 2.24) is 5.32 Å². The summed E-state index contributed by atoms with van der Waals surface area (Å²) in [5.74, 6) is 0.363. The highest BCUT2D eigenvalue weighted by molar-refractivity contribution is 6.32. The molecular formula is C13H20ClNO3. The topological polar surface area (TPSA) is 61.7 Å². The first kappa shape index (κ1) is 15.1. The number of ether oxygens (including phenoxy) is 1. The van der Waals surface area contributed by atoms with Crippen molar-refractivity contribution in [2.75, 3.05) is 13.7 Å². The third-order valence-corrected chi connectivity index (χ3v) is 2.89. The van der Waals surface area contributed by atoms with Crippen LogP contribution in [-0.2, 0) is 0 Å². The fraction of sp³-hybridized carbons (Fsp3) is 0.538. The first-order chi connectivity index (χ1) is 8.24. The molecule has 0 aromatic heterocycles. The van der Waals surface area contributed by atoms with Crippen LogP contribution in [0.15, 0.2) is 12.1 Å². The molecule has 0 aliphatic rings. The Morgan fingerprint density at radius 3 is 2.50 bits per heavy atom. The summed E-state index contributed by atoms with van der Waals surface area (Å²) in [5.41, 5.74) is 0.347. The molecule has 18 heavy (non-hydrogen) atoms. The maximum absolute atomic E-state index is 10.1. The molecular weight excluding hydrogens is 254 g/mol. The molecule has 1 unspecified atom stereocenters. The maximum atomic E-state index is 10.1. The average Bonchev–Trinajstić information content (AvgIpc) is 2.28. The zero-order chi connectivity index (χ0) is 13.9. The van der Waals surface area contributed by atoms with Crippen LogP contribution in [0.4, 0.5) is 0 Å². The quantitative estimate of drug-likeness (QED) is 0.789. The number of aliphatic hydroxyl groups is 1. The van der Waals surface area contributed by atoms with Crippen molar-refractivity contribution in [3.8, 4) is 11.5 Å². The Hall–Kier alpha value is -0.970. The molecule has 102 valence electrons. The average molecular weight is 274 g/mol. The minimum atomic E-state index is -0.808. The lowest BCUT2D eigenvalue weighted by atomic mass is 10.1. The number of phenolic OH excluding ortho intramolecular Hbond substituents is 1. The predicted octanol–water partition coefficient (Wildman–Crippen LogP) is 2.48. The SMILES string of the molecule is COc1cc(O)c(Cl)c(C(O)CNC(C)(C)C)c1. The fourth-order valence-electron chi connectivity index (χ4n) is 1.48. The predicted molar refractivity (Wildman–Crippen MR) is 72.4 cm³/mol. The lowest BCUT2D eigenvalue weighted by Crippen LogP contribution is -2.38. The highest BCUT2D eigenvalue weighted by atomic mass is 35.5. The highest BCUT2D eigenvalue weighted by Crippen LogP contribution is 2.35. The van der Waals surface area contributed by atoms with Crippen LogP contribution in [0.1, 0.15) is 32.4 Å². The van der Waals surface area contributed by atoms with Crippen molar-refractivity contribution in [1.29, 1.82) is 0 Å². The normalized spacial score (nSPS) is 13.4. The van der Waals surface area contributed by atoms with Gasteiger partial charge in [0, 0.05) is 23.7 Å². The molecule has 0 aliphatic carbocycles. The van der Waals surface area contributed by atoms with Gasteiger partial charge in [-0.1, -0.05) is 11.6 Å². The molecule has 0 bridgehead atoms. The third kappa shape index (κ3) is 4.05. The summed E-state index contributed by atoms with van der Waals surface area (Å²) in [7, 11) is 1.49. The van der Waals surface area contributed by atoms with Crippen LogP contribution in [0.3, 0.4) is 0 Å². The van der Waals surface area contributed by atoms with E-state index in [-0.39, 0.29) is 16.3 Å². The number of aliphatic hydroxyl groups excluding tert-OH is 1. The molecule has 4 nitrogen and oxygen atoms in total. The number of hydrogen-bond donors (Lipinski definition) is 3. The van der Waals surface area contributed by atoms with E-state index in [1.165, 1.54) is 13.2 Å². The number of halogens is 1. The number of rotatable bonds is 4. The number of aromatic hydroxyl groups is 1. The molecule has 0 radical (unpaired) electrons. The summed E-state index contributed by atoms with van der Waals surface area (Å²) in [4.78, 5) is 0. The summed E-state index contributed by atoms with van der Waals surface area (Å²) in [6.07, 6.45) is -0.808. The largest absolute Gasteiger partial charge is 0.506 e. The highest BCUT2D eigenvalue weighted by Gasteiger charge is 2.18. The minimum absolute atomic E-state index is 0.0965. The molecule has 5 heteroatoms. The molecule has 0 fully saturated rings. The van der Waals surface area contributed by atoms with Gasteiger partial charge in [-0.15, -0.1) is 0 Å². The number of methoxy groups -OCH3 is 1. The van der Waals surface area contributed by atoms with Gasteiger partial charge in [0.05, 0.1) is 18.2 Å². The van der Waals surface area contributed by atoms with E-state index >= 15 is 0 Å². The molecule has 0 heterocycles. The molecule has 0 spiro atoms. The van der Waals surface area contributed by atoms with Crippen LogP contribution < -0.4 is 10.1 Å². The van der Waals surface area contributed by atoms with Gasteiger partial charge in [-0.25, -0.2) is 0 Å². The van der Waals surface area contributed by atoms with E-state index in [4.69, 9.17) is 16.3 Å². The van der Waals surface area contributed by atoms with Crippen LogP contribution in [0.25, 0.3) is 0 Å². The van der Waals surface area contributed by atoms with Crippen molar-refractivity contribution in [3.63, 3.8) is 0 Å². The van der Waals surface area contributed by atoms with Gasteiger partial charge < -0.3 is 20.3 Å². The Morgan fingerprint density at radius 2 is 2.00 bits per heavy atom. The van der Waals surface area contributed by atoms with E-state index in [1.54, 1.807) is 6.07 Å². The molecule has 3 N–H and O–H groups in total. The van der Waals surface area contributed by atoms with E-state index in [2.05, 4.69) is 5.32 Å². The van der Waals surface area contributed by atoms with Gasteiger partial charge in [-0.2, -0.15) is 0 Å². The molecule has 0 aliphatic heterocycles. The van der Waals surface area contributed by atoms with Gasteiger partial charge in [0.15, 0.2) is 0 Å².